The van der Waals surface area contributed by atoms with E-state index in [-0.39, 0.29) is 0 Å². The first-order valence-corrected chi connectivity index (χ1v) is 7.19. The number of hydrogen-bond donors (Lipinski definition) is 0. The Morgan fingerprint density at radius 2 is 1.39 bits per heavy atom. The van der Waals surface area contributed by atoms with Gasteiger partial charge in [0.05, 0.1) is 0 Å². The van der Waals surface area contributed by atoms with Crippen molar-refractivity contribution in [3.8, 4) is 11.1 Å². The van der Waals surface area contributed by atoms with Crippen molar-refractivity contribution >= 4 is 11.9 Å². The van der Waals surface area contributed by atoms with Crippen LogP contribution in [0, 0.1) is 6.92 Å². The van der Waals surface area contributed by atoms with Crippen LogP contribution >= 0.6 is 11.9 Å². The largest absolute Gasteiger partial charge is 0.246 e. The van der Waals surface area contributed by atoms with Crippen molar-refractivity contribution in [2.24, 2.45) is 0 Å². The molecule has 1 fully saturated rings. The number of nitrogens with zero attached hydrogens (tertiary/aromatic N) is 1. The van der Waals surface area contributed by atoms with Gasteiger partial charge in [0.1, 0.15) is 0 Å². The summed E-state index contributed by atoms with van der Waals surface area (Å²) >= 11 is 1.87. The third-order valence-electron chi connectivity index (χ3n) is 3.29. The van der Waals surface area contributed by atoms with Crippen molar-refractivity contribution in [3.63, 3.8) is 0 Å². The fraction of sp³-hybridized carbons (Fsp3) is 0.250. The molecular formula is C16H17NS. The summed E-state index contributed by atoms with van der Waals surface area (Å²) in [4.78, 5) is 1.34. The van der Waals surface area contributed by atoms with Gasteiger partial charge in [-0.2, -0.15) is 0 Å². The molecule has 1 aliphatic rings. The van der Waals surface area contributed by atoms with E-state index in [0.29, 0.717) is 0 Å². The topological polar surface area (TPSA) is 3.24 Å². The van der Waals surface area contributed by atoms with Crippen LogP contribution in [0.15, 0.2) is 53.4 Å². The van der Waals surface area contributed by atoms with Crippen molar-refractivity contribution in [1.29, 1.82) is 0 Å². The summed E-state index contributed by atoms with van der Waals surface area (Å²) in [5, 5.41) is 0. The Morgan fingerprint density at radius 1 is 0.833 bits per heavy atom. The van der Waals surface area contributed by atoms with Gasteiger partial charge in [0.2, 0.25) is 0 Å². The van der Waals surface area contributed by atoms with Crippen molar-refractivity contribution in [1.82, 2.24) is 4.31 Å². The van der Waals surface area contributed by atoms with E-state index in [1.807, 2.05) is 11.9 Å². The predicted octanol–water partition coefficient (Wildman–Crippen LogP) is 4.37. The fourth-order valence-corrected chi connectivity index (χ4v) is 2.98. The highest BCUT2D eigenvalue weighted by Crippen LogP contribution is 2.29. The molecule has 0 amide bonds. The number of benzene rings is 2. The van der Waals surface area contributed by atoms with E-state index < -0.39 is 0 Å². The Balaban J connectivity index is 1.75. The molecule has 1 saturated heterocycles. The van der Waals surface area contributed by atoms with Crippen LogP contribution in [-0.2, 0) is 0 Å². The molecule has 18 heavy (non-hydrogen) atoms. The van der Waals surface area contributed by atoms with Crippen LogP contribution in [0.5, 0.6) is 0 Å². The third-order valence-corrected chi connectivity index (χ3v) is 4.40. The van der Waals surface area contributed by atoms with E-state index >= 15 is 0 Å². The lowest BCUT2D eigenvalue weighted by Crippen LogP contribution is -2.30. The quantitative estimate of drug-likeness (QED) is 0.749. The number of rotatable bonds is 3. The lowest BCUT2D eigenvalue weighted by molar-refractivity contribution is 0.344. The van der Waals surface area contributed by atoms with Crippen LogP contribution in [-0.4, -0.2) is 17.4 Å². The minimum atomic E-state index is 1.23. The van der Waals surface area contributed by atoms with E-state index in [1.165, 1.54) is 41.1 Å². The van der Waals surface area contributed by atoms with Crippen LogP contribution in [0.3, 0.4) is 0 Å². The number of hydrogen-bond acceptors (Lipinski definition) is 2. The van der Waals surface area contributed by atoms with Gasteiger partial charge in [0, 0.05) is 18.0 Å². The molecule has 0 unspecified atom stereocenters. The van der Waals surface area contributed by atoms with E-state index in [2.05, 4.69) is 59.8 Å². The lowest BCUT2D eigenvalue weighted by Gasteiger charge is -2.29. The molecule has 2 aromatic rings. The zero-order valence-electron chi connectivity index (χ0n) is 10.6. The summed E-state index contributed by atoms with van der Waals surface area (Å²) < 4.78 is 2.40. The molecule has 3 rings (SSSR count). The summed E-state index contributed by atoms with van der Waals surface area (Å²) in [6.07, 6.45) is 1.34. The van der Waals surface area contributed by atoms with E-state index in [4.69, 9.17) is 0 Å². The van der Waals surface area contributed by atoms with Gasteiger partial charge in [-0.1, -0.05) is 42.0 Å². The molecule has 2 heteroatoms. The molecule has 0 bridgehead atoms. The summed E-state index contributed by atoms with van der Waals surface area (Å²) in [5.74, 6) is 0. The summed E-state index contributed by atoms with van der Waals surface area (Å²) in [5.41, 5.74) is 3.90. The number of aryl methyl sites for hydroxylation is 1. The van der Waals surface area contributed by atoms with Crippen LogP contribution in [0.2, 0.25) is 0 Å². The highest BCUT2D eigenvalue weighted by atomic mass is 32.2. The first-order chi connectivity index (χ1) is 8.81. The van der Waals surface area contributed by atoms with Crippen molar-refractivity contribution < 1.29 is 0 Å². The molecule has 92 valence electrons. The summed E-state index contributed by atoms with van der Waals surface area (Å²) in [6, 6.07) is 17.6. The lowest BCUT2D eigenvalue weighted by atomic mass is 10.0. The molecule has 0 spiro atoms. The standard InChI is InChI=1S/C16H17NS/c1-13-3-5-14(6-4-13)15-7-9-16(10-8-15)18-17-11-2-12-17/h3-10H,2,11-12H2,1H3. The second kappa shape index (κ2) is 5.17. The predicted molar refractivity (Wildman–Crippen MR) is 78.7 cm³/mol. The van der Waals surface area contributed by atoms with Gasteiger partial charge in [-0.3, -0.25) is 0 Å². The van der Waals surface area contributed by atoms with Crippen LogP contribution in [0.4, 0.5) is 0 Å². The van der Waals surface area contributed by atoms with Gasteiger partial charge >= 0.3 is 0 Å². The van der Waals surface area contributed by atoms with Crippen molar-refractivity contribution in [2.75, 3.05) is 13.1 Å². The molecule has 0 aromatic heterocycles. The molecule has 0 saturated carbocycles. The Kier molecular flexibility index (Phi) is 3.39. The Hall–Kier alpha value is -1.25. The van der Waals surface area contributed by atoms with Gasteiger partial charge in [0.15, 0.2) is 0 Å². The maximum absolute atomic E-state index is 2.40. The zero-order chi connectivity index (χ0) is 12.4. The Morgan fingerprint density at radius 3 is 1.89 bits per heavy atom. The summed E-state index contributed by atoms with van der Waals surface area (Å²) in [6.45, 7) is 4.57. The molecule has 0 aliphatic carbocycles. The monoisotopic (exact) mass is 255 g/mol. The molecular weight excluding hydrogens is 238 g/mol. The highest BCUT2D eigenvalue weighted by Gasteiger charge is 2.14. The van der Waals surface area contributed by atoms with Gasteiger partial charge in [-0.05, 0) is 48.6 Å². The minimum Gasteiger partial charge on any atom is -0.246 e. The normalized spacial score (nSPS) is 15.4. The van der Waals surface area contributed by atoms with Crippen LogP contribution in [0.25, 0.3) is 11.1 Å². The van der Waals surface area contributed by atoms with Gasteiger partial charge in [-0.25, -0.2) is 4.31 Å². The van der Waals surface area contributed by atoms with Crippen molar-refractivity contribution in [2.45, 2.75) is 18.2 Å². The first kappa shape index (κ1) is 11.8. The van der Waals surface area contributed by atoms with E-state index in [1.54, 1.807) is 0 Å². The second-order valence-electron chi connectivity index (χ2n) is 4.76. The average molecular weight is 255 g/mol. The fourth-order valence-electron chi connectivity index (χ4n) is 1.98. The molecule has 0 atom stereocenters. The smallest absolute Gasteiger partial charge is 0.0230 e. The molecule has 2 aromatic carbocycles. The summed E-state index contributed by atoms with van der Waals surface area (Å²) in [7, 11) is 0. The molecule has 0 N–H and O–H groups in total. The van der Waals surface area contributed by atoms with Crippen LogP contribution in [0.1, 0.15) is 12.0 Å². The van der Waals surface area contributed by atoms with E-state index in [9.17, 15) is 0 Å². The molecule has 1 aliphatic heterocycles. The maximum atomic E-state index is 2.40. The van der Waals surface area contributed by atoms with Gasteiger partial charge in [0.25, 0.3) is 0 Å². The van der Waals surface area contributed by atoms with E-state index in [0.717, 1.165) is 0 Å². The third kappa shape index (κ3) is 2.60. The SMILES string of the molecule is Cc1ccc(-c2ccc(SN3CCC3)cc2)cc1. The molecule has 1 heterocycles. The average Bonchev–Trinajstić information content (AvgIpc) is 2.36. The molecule has 0 radical (unpaired) electrons. The van der Waals surface area contributed by atoms with Gasteiger partial charge < -0.3 is 0 Å². The second-order valence-corrected chi connectivity index (χ2v) is 5.93. The zero-order valence-corrected chi connectivity index (χ0v) is 11.4. The van der Waals surface area contributed by atoms with Crippen LogP contribution < -0.4 is 0 Å². The Bertz CT molecular complexity index is 512. The van der Waals surface area contributed by atoms with Gasteiger partial charge in [-0.15, -0.1) is 0 Å². The maximum Gasteiger partial charge on any atom is 0.0230 e. The Labute approximate surface area is 113 Å². The first-order valence-electron chi connectivity index (χ1n) is 6.41. The molecule has 1 nitrogen and oxygen atoms in total. The van der Waals surface area contributed by atoms with Crippen molar-refractivity contribution in [3.05, 3.63) is 54.1 Å². The highest BCUT2D eigenvalue weighted by molar-refractivity contribution is 7.97. The minimum absolute atomic E-state index is 1.23.